The predicted molar refractivity (Wildman–Crippen MR) is 245 cm³/mol. The smallest absolute Gasteiger partial charge is 0.246 e. The van der Waals surface area contributed by atoms with Crippen LogP contribution in [0.2, 0.25) is 0 Å². The Morgan fingerprint density at radius 2 is 1.39 bits per heavy atom. The summed E-state index contributed by atoms with van der Waals surface area (Å²) in [7, 11) is 0. The fourth-order valence-corrected chi connectivity index (χ4v) is 8.26. The number of nitrogens with zero attached hydrogens (tertiary/aromatic N) is 2. The molecule has 0 saturated carbocycles. The van der Waals surface area contributed by atoms with E-state index in [1.807, 2.05) is 0 Å². The number of carbonyl (C=O) groups excluding carboxylic acids is 9. The minimum absolute atomic E-state index is 0.0599. The number of nitrogens with one attached hydrogen (secondary N) is 6. The predicted octanol–water partition coefficient (Wildman–Crippen LogP) is -1.10. The summed E-state index contributed by atoms with van der Waals surface area (Å²) in [5.41, 5.74) is 6.03. The zero-order valence-corrected chi connectivity index (χ0v) is 38.8. The van der Waals surface area contributed by atoms with Crippen LogP contribution < -0.4 is 37.6 Å². The standard InChI is InChI=1S/C43H67N9O10S2/c1-4-5-6-10-19-45-32(25-64)42(61)52-21-12-16-34(52)43(62)51-20-11-15-33(51)40(59)50-37(26(2)53)41(60)47-29(17-18-36(44)56)38(57)48-30(22-28-13-8-7-9-14-28)39(58)49-31(24-63)35(55)23-46-27(3)54/h7-9,13-14,26,29-34,37,45,53,63-64H,4-6,10-12,15-25H2,1-3H3,(H2,44,56)(H,46,54)(H,47,60)(H,48,57)(H,49,58)(H,50,59)/t26-,29+,30+,31+,32+,33+,34+,37+/m1/s1. The van der Waals surface area contributed by atoms with E-state index in [2.05, 4.69) is 64.1 Å². The number of thiol groups is 2. The van der Waals surface area contributed by atoms with Crippen molar-refractivity contribution in [2.75, 3.05) is 37.7 Å². The van der Waals surface area contributed by atoms with Gasteiger partial charge in [-0.1, -0.05) is 56.5 Å². The van der Waals surface area contributed by atoms with Crippen molar-refractivity contribution in [1.29, 1.82) is 0 Å². The Kier molecular flexibility index (Phi) is 23.1. The zero-order chi connectivity index (χ0) is 47.3. The van der Waals surface area contributed by atoms with Crippen LogP contribution in [-0.4, -0.2) is 154 Å². The first-order valence-corrected chi connectivity index (χ1v) is 23.3. The monoisotopic (exact) mass is 933 g/mol. The number of benzene rings is 1. The SMILES string of the molecule is CCCCCCN[C@@H](CS)C(=O)N1CCC[C@H]1C(=O)N1CCC[C@H]1C(=O)N[C@H](C(=O)N[C@@H](CCC(N)=O)C(=O)N[C@@H](Cc1ccccc1)C(=O)N[C@@H](CS)C(=O)CNC(C)=O)[C@@H](C)O. The Hall–Kier alpha value is -4.73. The summed E-state index contributed by atoms with van der Waals surface area (Å²) in [5, 5.41) is 26.6. The van der Waals surface area contributed by atoms with Gasteiger partial charge in [0.2, 0.25) is 47.3 Å². The third-order valence-corrected chi connectivity index (χ3v) is 12.0. The summed E-state index contributed by atoms with van der Waals surface area (Å²) in [6, 6.07) is 0.641. The van der Waals surface area contributed by atoms with E-state index in [4.69, 9.17) is 5.73 Å². The van der Waals surface area contributed by atoms with Gasteiger partial charge in [0, 0.05) is 44.4 Å². The lowest BCUT2D eigenvalue weighted by Gasteiger charge is -2.33. The van der Waals surface area contributed by atoms with Crippen molar-refractivity contribution >= 4 is 78.3 Å². The number of unbranched alkanes of at least 4 members (excludes halogenated alkanes) is 3. The van der Waals surface area contributed by atoms with Gasteiger partial charge in [-0.05, 0) is 57.6 Å². The molecule has 3 rings (SSSR count). The number of rotatable bonds is 27. The minimum atomic E-state index is -1.63. The first-order chi connectivity index (χ1) is 30.5. The number of aliphatic hydroxyl groups excluding tert-OH is 1. The van der Waals surface area contributed by atoms with Crippen molar-refractivity contribution in [1.82, 2.24) is 41.7 Å². The third-order valence-electron chi connectivity index (χ3n) is 11.3. The first kappa shape index (κ1) is 53.6. The number of nitrogens with two attached hydrogens (primary N) is 1. The lowest BCUT2D eigenvalue weighted by atomic mass is 10.0. The van der Waals surface area contributed by atoms with Crippen LogP contribution in [0.25, 0.3) is 0 Å². The van der Waals surface area contributed by atoms with Crippen molar-refractivity contribution in [2.24, 2.45) is 5.73 Å². The van der Waals surface area contributed by atoms with Crippen LogP contribution in [0.5, 0.6) is 0 Å². The van der Waals surface area contributed by atoms with Gasteiger partial charge in [0.25, 0.3) is 0 Å². The van der Waals surface area contributed by atoms with E-state index < -0.39 is 95.5 Å². The van der Waals surface area contributed by atoms with Crippen molar-refractivity contribution in [3.8, 4) is 0 Å². The third kappa shape index (κ3) is 16.7. The van der Waals surface area contributed by atoms with Gasteiger partial charge in [-0.2, -0.15) is 25.3 Å². The fourth-order valence-electron chi connectivity index (χ4n) is 7.68. The van der Waals surface area contributed by atoms with Gasteiger partial charge in [0.05, 0.1) is 24.7 Å². The highest BCUT2D eigenvalue weighted by Gasteiger charge is 2.44. The Bertz CT molecular complexity index is 1770. The lowest BCUT2D eigenvalue weighted by Crippen LogP contribution is -2.61. The highest BCUT2D eigenvalue weighted by molar-refractivity contribution is 7.80. The molecule has 2 saturated heterocycles. The number of Topliss-reactive ketones (excluding diaryl/α,β-unsaturated/α-hetero) is 1. The molecule has 2 fully saturated rings. The van der Waals surface area contributed by atoms with E-state index in [1.54, 1.807) is 35.2 Å². The van der Waals surface area contributed by atoms with Crippen molar-refractivity contribution < 1.29 is 48.3 Å². The van der Waals surface area contributed by atoms with Crippen LogP contribution >= 0.6 is 25.3 Å². The van der Waals surface area contributed by atoms with E-state index in [9.17, 15) is 48.3 Å². The minimum Gasteiger partial charge on any atom is -0.391 e. The van der Waals surface area contributed by atoms with Gasteiger partial charge in [-0.3, -0.25) is 43.2 Å². The maximum absolute atomic E-state index is 14.1. The van der Waals surface area contributed by atoms with Crippen LogP contribution in [-0.2, 0) is 49.6 Å². The van der Waals surface area contributed by atoms with Gasteiger partial charge in [0.1, 0.15) is 30.2 Å². The Morgan fingerprint density at radius 1 is 0.781 bits per heavy atom. The van der Waals surface area contributed by atoms with Gasteiger partial charge < -0.3 is 52.5 Å². The second-order valence-corrected chi connectivity index (χ2v) is 17.0. The molecule has 0 radical (unpaired) electrons. The highest BCUT2D eigenvalue weighted by Crippen LogP contribution is 2.26. The molecule has 0 aromatic heterocycles. The molecule has 2 heterocycles. The van der Waals surface area contributed by atoms with Crippen LogP contribution in [0, 0.1) is 0 Å². The number of carbonyl (C=O) groups is 9. The molecule has 1 aromatic rings. The molecular weight excluding hydrogens is 867 g/mol. The molecule has 0 spiro atoms. The second-order valence-electron chi connectivity index (χ2n) is 16.3. The molecular formula is C43H67N9O10S2. The number of primary amides is 1. The number of ketones is 1. The summed E-state index contributed by atoms with van der Waals surface area (Å²) in [4.78, 5) is 122. The molecule has 64 heavy (non-hydrogen) atoms. The van der Waals surface area contributed by atoms with Crippen LogP contribution in [0.1, 0.15) is 90.5 Å². The summed E-state index contributed by atoms with van der Waals surface area (Å²) >= 11 is 8.57. The van der Waals surface area contributed by atoms with Crippen LogP contribution in [0.4, 0.5) is 0 Å². The quantitative estimate of drug-likeness (QED) is 0.0374. The van der Waals surface area contributed by atoms with E-state index in [-0.39, 0.29) is 56.2 Å². The topological polar surface area (TPSA) is 279 Å². The zero-order valence-electron chi connectivity index (χ0n) is 37.0. The van der Waals surface area contributed by atoms with E-state index in [0.29, 0.717) is 37.9 Å². The lowest BCUT2D eigenvalue weighted by molar-refractivity contribution is -0.147. The number of likely N-dealkylation sites (tertiary alicyclic amines) is 2. The van der Waals surface area contributed by atoms with Crippen LogP contribution in [0.3, 0.4) is 0 Å². The Morgan fingerprint density at radius 3 is 2.00 bits per heavy atom. The molecule has 356 valence electrons. The summed E-state index contributed by atoms with van der Waals surface area (Å²) in [6.45, 7) is 5.48. The van der Waals surface area contributed by atoms with Crippen molar-refractivity contribution in [3.05, 3.63) is 35.9 Å². The molecule has 8 atom stereocenters. The van der Waals surface area contributed by atoms with Crippen LogP contribution in [0.15, 0.2) is 30.3 Å². The Balaban J connectivity index is 1.76. The normalized spacial score (nSPS) is 18.7. The van der Waals surface area contributed by atoms with E-state index in [1.165, 1.54) is 18.7 Å². The largest absolute Gasteiger partial charge is 0.391 e. The summed E-state index contributed by atoms with van der Waals surface area (Å²) in [5.74, 6) is -5.72. The molecule has 1 aromatic carbocycles. The number of aliphatic hydroxyl groups is 1. The molecule has 0 aliphatic carbocycles. The molecule has 9 N–H and O–H groups in total. The number of hydrogen-bond acceptors (Lipinski definition) is 13. The fraction of sp³-hybridized carbons (Fsp3) is 0.651. The highest BCUT2D eigenvalue weighted by atomic mass is 32.1. The molecule has 19 nitrogen and oxygen atoms in total. The average molecular weight is 934 g/mol. The van der Waals surface area contributed by atoms with E-state index >= 15 is 0 Å². The van der Waals surface area contributed by atoms with Gasteiger partial charge >= 0.3 is 0 Å². The van der Waals surface area contributed by atoms with Gasteiger partial charge in [0.15, 0.2) is 5.78 Å². The van der Waals surface area contributed by atoms with Crippen molar-refractivity contribution in [3.63, 3.8) is 0 Å². The van der Waals surface area contributed by atoms with Gasteiger partial charge in [-0.15, -0.1) is 0 Å². The number of hydrogen-bond donors (Lipinski definition) is 10. The maximum atomic E-state index is 14.1. The molecule has 2 aliphatic heterocycles. The molecule has 21 heteroatoms. The van der Waals surface area contributed by atoms with Gasteiger partial charge in [-0.25, -0.2) is 0 Å². The summed E-state index contributed by atoms with van der Waals surface area (Å²) in [6.07, 6.45) is 3.60. The number of amides is 8. The second kappa shape index (κ2) is 27.6. The Labute approximate surface area is 386 Å². The molecule has 0 unspecified atom stereocenters. The molecule has 0 bridgehead atoms. The average Bonchev–Trinajstić information content (AvgIpc) is 3.97. The maximum Gasteiger partial charge on any atom is 0.246 e. The van der Waals surface area contributed by atoms with E-state index in [0.717, 1.165) is 25.7 Å². The van der Waals surface area contributed by atoms with Crippen molar-refractivity contribution in [2.45, 2.75) is 140 Å². The molecule has 2 aliphatic rings. The first-order valence-electron chi connectivity index (χ1n) is 22.1. The summed E-state index contributed by atoms with van der Waals surface area (Å²) < 4.78 is 0. The molecule has 8 amide bonds.